The second-order valence-electron chi connectivity index (χ2n) is 3.69. The Bertz CT molecular complexity index is 369. The molecule has 0 aromatic carbocycles. The fourth-order valence-electron chi connectivity index (χ4n) is 1.31. The molecule has 7 nitrogen and oxygen atoms in total. The van der Waals surface area contributed by atoms with Crippen LogP contribution >= 0.6 is 11.8 Å². The Labute approximate surface area is 111 Å². The molecule has 1 rings (SSSR count). The van der Waals surface area contributed by atoms with E-state index in [1.165, 1.54) is 11.8 Å². The largest absolute Gasteiger partial charge is 0.355 e. The lowest BCUT2D eigenvalue weighted by Gasteiger charge is -2.10. The van der Waals surface area contributed by atoms with E-state index < -0.39 is 0 Å². The zero-order valence-electron chi connectivity index (χ0n) is 11.0. The Hall–Kier alpha value is -1.15. The average molecular weight is 272 g/mol. The Morgan fingerprint density at radius 1 is 1.44 bits per heavy atom. The van der Waals surface area contributed by atoms with Gasteiger partial charge in [-0.3, -0.25) is 4.79 Å². The predicted molar refractivity (Wildman–Crippen MR) is 70.4 cm³/mol. The molecule has 18 heavy (non-hydrogen) atoms. The molecule has 0 saturated heterocycles. The standard InChI is InChI=1S/C10H20N6OS/c1-4-11-6-7-16-10(13-14-15-16)18-8(3)9(17)12-5-2/h8,11H,4-7H2,1-3H3,(H,12,17). The van der Waals surface area contributed by atoms with Gasteiger partial charge >= 0.3 is 0 Å². The molecule has 102 valence electrons. The molecule has 8 heteroatoms. The zero-order chi connectivity index (χ0) is 13.4. The normalized spacial score (nSPS) is 12.4. The summed E-state index contributed by atoms with van der Waals surface area (Å²) in [5.41, 5.74) is 0. The summed E-state index contributed by atoms with van der Waals surface area (Å²) in [5, 5.41) is 17.9. The van der Waals surface area contributed by atoms with Crippen LogP contribution in [0, 0.1) is 0 Å². The molecule has 1 atom stereocenters. The number of amides is 1. The highest BCUT2D eigenvalue weighted by Gasteiger charge is 2.17. The maximum Gasteiger partial charge on any atom is 0.233 e. The predicted octanol–water partition coefficient (Wildman–Crippen LogP) is -0.101. The fourth-order valence-corrected chi connectivity index (χ4v) is 2.15. The van der Waals surface area contributed by atoms with Crippen molar-refractivity contribution in [2.45, 2.75) is 37.7 Å². The lowest BCUT2D eigenvalue weighted by molar-refractivity contribution is -0.120. The van der Waals surface area contributed by atoms with Crippen molar-refractivity contribution in [3.8, 4) is 0 Å². The van der Waals surface area contributed by atoms with Crippen LogP contribution in [0.5, 0.6) is 0 Å². The molecule has 0 spiro atoms. The van der Waals surface area contributed by atoms with Gasteiger partial charge in [0.15, 0.2) is 0 Å². The van der Waals surface area contributed by atoms with E-state index in [0.717, 1.165) is 13.1 Å². The minimum Gasteiger partial charge on any atom is -0.355 e. The van der Waals surface area contributed by atoms with Crippen molar-refractivity contribution in [2.24, 2.45) is 0 Å². The second kappa shape index (κ2) is 8.04. The van der Waals surface area contributed by atoms with Gasteiger partial charge in [-0.15, -0.1) is 5.10 Å². The molecule has 1 amide bonds. The lowest BCUT2D eigenvalue weighted by atomic mass is 10.4. The topological polar surface area (TPSA) is 84.7 Å². The molecule has 0 radical (unpaired) electrons. The summed E-state index contributed by atoms with van der Waals surface area (Å²) >= 11 is 1.37. The van der Waals surface area contributed by atoms with E-state index >= 15 is 0 Å². The maximum absolute atomic E-state index is 11.6. The molecule has 0 aliphatic carbocycles. The van der Waals surface area contributed by atoms with Crippen molar-refractivity contribution < 1.29 is 4.79 Å². The number of likely N-dealkylation sites (N-methyl/N-ethyl adjacent to an activating group) is 1. The SMILES string of the molecule is CCNCCn1nnnc1SC(C)C(=O)NCC. The summed E-state index contributed by atoms with van der Waals surface area (Å²) in [7, 11) is 0. The number of nitrogens with zero attached hydrogens (tertiary/aromatic N) is 4. The van der Waals surface area contributed by atoms with E-state index in [0.29, 0.717) is 18.2 Å². The molecule has 1 aromatic heterocycles. The molecule has 0 bridgehead atoms. The summed E-state index contributed by atoms with van der Waals surface area (Å²) in [6.45, 7) is 8.85. The first-order valence-corrected chi connectivity index (χ1v) is 6.98. The van der Waals surface area contributed by atoms with Crippen LogP contribution < -0.4 is 10.6 Å². The number of rotatable bonds is 8. The molecule has 1 unspecified atom stereocenters. The highest BCUT2D eigenvalue weighted by atomic mass is 32.2. The Balaban J connectivity index is 2.51. The van der Waals surface area contributed by atoms with Gasteiger partial charge in [-0.2, -0.15) is 0 Å². The highest BCUT2D eigenvalue weighted by Crippen LogP contribution is 2.19. The minimum atomic E-state index is -0.200. The monoisotopic (exact) mass is 272 g/mol. The average Bonchev–Trinajstić information content (AvgIpc) is 2.77. The fraction of sp³-hybridized carbons (Fsp3) is 0.800. The quantitative estimate of drug-likeness (QED) is 0.508. The van der Waals surface area contributed by atoms with Crippen LogP contribution in [-0.2, 0) is 11.3 Å². The van der Waals surface area contributed by atoms with Gasteiger partial charge in [0.05, 0.1) is 11.8 Å². The van der Waals surface area contributed by atoms with Gasteiger partial charge in [-0.25, -0.2) is 4.68 Å². The highest BCUT2D eigenvalue weighted by molar-refractivity contribution is 8.00. The third kappa shape index (κ3) is 4.61. The molecule has 1 aromatic rings. The number of tetrazole rings is 1. The minimum absolute atomic E-state index is 0.00346. The molecule has 0 saturated carbocycles. The lowest BCUT2D eigenvalue weighted by Crippen LogP contribution is -2.30. The molecular formula is C10H20N6OS. The van der Waals surface area contributed by atoms with Crippen molar-refractivity contribution >= 4 is 17.7 Å². The van der Waals surface area contributed by atoms with Crippen LogP contribution in [0.3, 0.4) is 0 Å². The van der Waals surface area contributed by atoms with Crippen molar-refractivity contribution in [1.82, 2.24) is 30.8 Å². The van der Waals surface area contributed by atoms with Crippen LogP contribution in [0.4, 0.5) is 0 Å². The summed E-state index contributed by atoms with van der Waals surface area (Å²) in [4.78, 5) is 11.6. The van der Waals surface area contributed by atoms with Crippen molar-refractivity contribution in [1.29, 1.82) is 0 Å². The summed E-state index contributed by atoms with van der Waals surface area (Å²) in [5.74, 6) is 0.00346. The molecule has 0 aliphatic heterocycles. The van der Waals surface area contributed by atoms with Crippen molar-refractivity contribution in [2.75, 3.05) is 19.6 Å². The first-order valence-electron chi connectivity index (χ1n) is 6.10. The van der Waals surface area contributed by atoms with E-state index in [1.54, 1.807) is 4.68 Å². The second-order valence-corrected chi connectivity index (χ2v) is 5.00. The van der Waals surface area contributed by atoms with Gasteiger partial charge in [0, 0.05) is 13.1 Å². The van der Waals surface area contributed by atoms with Crippen LogP contribution in [0.25, 0.3) is 0 Å². The number of carbonyl (C=O) groups is 1. The number of nitrogens with one attached hydrogen (secondary N) is 2. The number of aromatic nitrogens is 4. The smallest absolute Gasteiger partial charge is 0.233 e. The third-order valence-corrected chi connectivity index (χ3v) is 3.32. The Kier molecular flexibility index (Phi) is 6.66. The summed E-state index contributed by atoms with van der Waals surface area (Å²) in [6, 6.07) is 0. The molecule has 1 heterocycles. The number of hydrogen-bond acceptors (Lipinski definition) is 6. The molecular weight excluding hydrogens is 252 g/mol. The first kappa shape index (κ1) is 14.9. The summed E-state index contributed by atoms with van der Waals surface area (Å²) < 4.78 is 1.71. The number of thioether (sulfide) groups is 1. The van der Waals surface area contributed by atoms with Crippen molar-refractivity contribution in [3.05, 3.63) is 0 Å². The first-order chi connectivity index (χ1) is 8.69. The van der Waals surface area contributed by atoms with Crippen LogP contribution in [0.1, 0.15) is 20.8 Å². The molecule has 0 fully saturated rings. The summed E-state index contributed by atoms with van der Waals surface area (Å²) in [6.07, 6.45) is 0. The zero-order valence-corrected chi connectivity index (χ0v) is 11.8. The molecule has 0 aliphatic rings. The van der Waals surface area contributed by atoms with E-state index in [1.807, 2.05) is 20.8 Å². The number of hydrogen-bond donors (Lipinski definition) is 2. The maximum atomic E-state index is 11.6. The van der Waals surface area contributed by atoms with Gasteiger partial charge in [0.2, 0.25) is 11.1 Å². The van der Waals surface area contributed by atoms with Gasteiger partial charge in [0.25, 0.3) is 0 Å². The van der Waals surface area contributed by atoms with Gasteiger partial charge in [0.1, 0.15) is 0 Å². The van der Waals surface area contributed by atoms with E-state index in [-0.39, 0.29) is 11.2 Å². The van der Waals surface area contributed by atoms with Crippen LogP contribution in [-0.4, -0.2) is 51.0 Å². The van der Waals surface area contributed by atoms with Gasteiger partial charge in [-0.1, -0.05) is 18.7 Å². The third-order valence-electron chi connectivity index (χ3n) is 2.25. The Morgan fingerprint density at radius 3 is 2.89 bits per heavy atom. The number of carbonyl (C=O) groups excluding carboxylic acids is 1. The van der Waals surface area contributed by atoms with E-state index in [9.17, 15) is 4.79 Å². The molecule has 2 N–H and O–H groups in total. The Morgan fingerprint density at radius 2 is 2.22 bits per heavy atom. The van der Waals surface area contributed by atoms with Crippen LogP contribution in [0.15, 0.2) is 5.16 Å². The van der Waals surface area contributed by atoms with Crippen LogP contribution in [0.2, 0.25) is 0 Å². The van der Waals surface area contributed by atoms with Gasteiger partial charge in [-0.05, 0) is 30.8 Å². The van der Waals surface area contributed by atoms with Crippen molar-refractivity contribution in [3.63, 3.8) is 0 Å². The van der Waals surface area contributed by atoms with E-state index in [4.69, 9.17) is 0 Å². The van der Waals surface area contributed by atoms with Gasteiger partial charge < -0.3 is 10.6 Å². The van der Waals surface area contributed by atoms with E-state index in [2.05, 4.69) is 26.2 Å².